The van der Waals surface area contributed by atoms with Gasteiger partial charge in [-0.1, -0.05) is 0 Å². The van der Waals surface area contributed by atoms with Gasteiger partial charge in [-0.2, -0.15) is 5.26 Å². The largest absolute Gasteiger partial charge is 0.381 e. The van der Waals surface area contributed by atoms with Crippen LogP contribution < -0.4 is 10.6 Å². The first kappa shape index (κ1) is 8.95. The van der Waals surface area contributed by atoms with Crippen LogP contribution in [-0.4, -0.2) is 37.9 Å². The predicted molar refractivity (Wildman–Crippen MR) is 48.2 cm³/mol. The van der Waals surface area contributed by atoms with Crippen LogP contribution in [0, 0.1) is 11.3 Å². The molecule has 4 heteroatoms. The Labute approximate surface area is 78.3 Å². The molecule has 2 fully saturated rings. The Balaban J connectivity index is 1.93. The Kier molecular flexibility index (Phi) is 2.49. The number of hydrogen-bond acceptors (Lipinski definition) is 4. The summed E-state index contributed by atoms with van der Waals surface area (Å²) in [5.41, 5.74) is -0.314. The lowest BCUT2D eigenvalue weighted by Gasteiger charge is -2.39. The highest BCUT2D eigenvalue weighted by atomic mass is 16.5. The van der Waals surface area contributed by atoms with Crippen molar-refractivity contribution in [3.63, 3.8) is 0 Å². The molecule has 0 amide bonds. The summed E-state index contributed by atoms with van der Waals surface area (Å²) in [5, 5.41) is 15.7. The van der Waals surface area contributed by atoms with Crippen LogP contribution in [0.25, 0.3) is 0 Å². The molecule has 72 valence electrons. The molecule has 2 aliphatic rings. The first-order valence-corrected chi connectivity index (χ1v) is 4.82. The van der Waals surface area contributed by atoms with E-state index >= 15 is 0 Å². The zero-order valence-electron chi connectivity index (χ0n) is 7.68. The molecular formula is C9H15N3O. The van der Waals surface area contributed by atoms with Crippen LogP contribution in [-0.2, 0) is 4.74 Å². The third-order valence-electron chi connectivity index (χ3n) is 2.82. The molecule has 0 atom stereocenters. The van der Waals surface area contributed by atoms with Crippen LogP contribution in [0.4, 0.5) is 0 Å². The van der Waals surface area contributed by atoms with Crippen LogP contribution in [0.15, 0.2) is 0 Å². The Morgan fingerprint density at radius 3 is 2.54 bits per heavy atom. The fourth-order valence-corrected chi connectivity index (χ4v) is 1.79. The first-order chi connectivity index (χ1) is 6.35. The second-order valence-electron chi connectivity index (χ2n) is 3.81. The van der Waals surface area contributed by atoms with Gasteiger partial charge >= 0.3 is 0 Å². The third-order valence-corrected chi connectivity index (χ3v) is 2.82. The predicted octanol–water partition coefficient (Wildman–Crippen LogP) is -0.379. The zero-order chi connectivity index (χ0) is 9.15. The van der Waals surface area contributed by atoms with Gasteiger partial charge in [0.05, 0.1) is 6.07 Å². The van der Waals surface area contributed by atoms with Gasteiger partial charge in [0.1, 0.15) is 5.54 Å². The van der Waals surface area contributed by atoms with E-state index < -0.39 is 0 Å². The molecule has 0 saturated carbocycles. The Morgan fingerprint density at radius 1 is 1.38 bits per heavy atom. The molecule has 0 aromatic carbocycles. The molecule has 2 rings (SSSR count). The van der Waals surface area contributed by atoms with Crippen LogP contribution in [0.2, 0.25) is 0 Å². The number of nitrogens with zero attached hydrogens (tertiary/aromatic N) is 1. The molecule has 2 aliphatic heterocycles. The topological polar surface area (TPSA) is 57.1 Å². The van der Waals surface area contributed by atoms with Gasteiger partial charge in [0.25, 0.3) is 0 Å². The summed E-state index contributed by atoms with van der Waals surface area (Å²) in [6.45, 7) is 3.40. The van der Waals surface area contributed by atoms with Crippen LogP contribution in [0.3, 0.4) is 0 Å². The van der Waals surface area contributed by atoms with E-state index in [1.165, 1.54) is 0 Å². The Hall–Kier alpha value is -0.630. The van der Waals surface area contributed by atoms with E-state index in [-0.39, 0.29) is 5.54 Å². The van der Waals surface area contributed by atoms with E-state index in [1.54, 1.807) is 0 Å². The van der Waals surface area contributed by atoms with E-state index in [1.807, 2.05) is 0 Å². The molecule has 0 radical (unpaired) electrons. The number of ether oxygens (including phenoxy) is 1. The van der Waals surface area contributed by atoms with Crippen LogP contribution in [0.1, 0.15) is 12.8 Å². The van der Waals surface area contributed by atoms with Gasteiger partial charge in [-0.25, -0.2) is 0 Å². The van der Waals surface area contributed by atoms with Crippen molar-refractivity contribution in [3.8, 4) is 6.07 Å². The second kappa shape index (κ2) is 3.62. The molecule has 0 bridgehead atoms. The minimum absolute atomic E-state index is 0.314. The van der Waals surface area contributed by atoms with Crippen molar-refractivity contribution in [1.29, 1.82) is 5.26 Å². The van der Waals surface area contributed by atoms with Gasteiger partial charge in [-0.3, -0.25) is 5.32 Å². The first-order valence-electron chi connectivity index (χ1n) is 4.82. The van der Waals surface area contributed by atoms with Crippen molar-refractivity contribution in [2.24, 2.45) is 0 Å². The molecule has 2 heterocycles. The molecular weight excluding hydrogens is 166 g/mol. The molecule has 13 heavy (non-hydrogen) atoms. The molecule has 2 saturated heterocycles. The number of nitrogens with one attached hydrogen (secondary N) is 2. The molecule has 0 spiro atoms. The van der Waals surface area contributed by atoms with Gasteiger partial charge in [-0.15, -0.1) is 0 Å². The summed E-state index contributed by atoms with van der Waals surface area (Å²) in [7, 11) is 0. The Morgan fingerprint density at radius 2 is 2.08 bits per heavy atom. The van der Waals surface area contributed by atoms with E-state index in [4.69, 9.17) is 10.00 Å². The van der Waals surface area contributed by atoms with Crippen molar-refractivity contribution in [2.45, 2.75) is 24.4 Å². The Bertz CT molecular complexity index is 213. The average Bonchev–Trinajstić information content (AvgIpc) is 2.13. The number of hydrogen-bond donors (Lipinski definition) is 2. The minimum Gasteiger partial charge on any atom is -0.381 e. The molecule has 0 unspecified atom stereocenters. The standard InChI is InChI=1S/C9H15N3O/c10-7-9(1-3-13-4-2-9)12-8-5-11-6-8/h8,11-12H,1-6H2. The van der Waals surface area contributed by atoms with Crippen molar-refractivity contribution in [2.75, 3.05) is 26.3 Å². The SMILES string of the molecule is N#CC1(NC2CNC2)CCOCC1. The summed E-state index contributed by atoms with van der Waals surface area (Å²) >= 11 is 0. The quantitative estimate of drug-likeness (QED) is 0.610. The monoisotopic (exact) mass is 181 g/mol. The minimum atomic E-state index is -0.314. The number of rotatable bonds is 2. The molecule has 0 aromatic heterocycles. The third kappa shape index (κ3) is 1.83. The lowest BCUT2D eigenvalue weighted by atomic mass is 9.90. The molecule has 0 aliphatic carbocycles. The van der Waals surface area contributed by atoms with Crippen LogP contribution in [0.5, 0.6) is 0 Å². The zero-order valence-corrected chi connectivity index (χ0v) is 7.68. The van der Waals surface area contributed by atoms with E-state index in [9.17, 15) is 0 Å². The van der Waals surface area contributed by atoms with Crippen molar-refractivity contribution >= 4 is 0 Å². The second-order valence-corrected chi connectivity index (χ2v) is 3.81. The van der Waals surface area contributed by atoms with Gasteiger partial charge < -0.3 is 10.1 Å². The summed E-state index contributed by atoms with van der Waals surface area (Å²) in [4.78, 5) is 0. The fourth-order valence-electron chi connectivity index (χ4n) is 1.79. The maximum absolute atomic E-state index is 9.12. The summed E-state index contributed by atoms with van der Waals surface area (Å²) in [5.74, 6) is 0. The summed E-state index contributed by atoms with van der Waals surface area (Å²) in [6.07, 6.45) is 1.64. The summed E-state index contributed by atoms with van der Waals surface area (Å²) in [6, 6.07) is 2.88. The highest BCUT2D eigenvalue weighted by Crippen LogP contribution is 2.20. The maximum Gasteiger partial charge on any atom is 0.111 e. The van der Waals surface area contributed by atoms with E-state index in [0.29, 0.717) is 19.3 Å². The van der Waals surface area contributed by atoms with Crippen LogP contribution >= 0.6 is 0 Å². The van der Waals surface area contributed by atoms with Crippen molar-refractivity contribution in [3.05, 3.63) is 0 Å². The highest BCUT2D eigenvalue weighted by Gasteiger charge is 2.35. The highest BCUT2D eigenvalue weighted by molar-refractivity contribution is 5.10. The maximum atomic E-state index is 9.12. The van der Waals surface area contributed by atoms with Gasteiger partial charge in [-0.05, 0) is 0 Å². The lowest BCUT2D eigenvalue weighted by Crippen LogP contribution is -2.63. The molecule has 0 aromatic rings. The number of nitriles is 1. The van der Waals surface area contributed by atoms with Crippen molar-refractivity contribution < 1.29 is 4.74 Å². The molecule has 4 nitrogen and oxygen atoms in total. The van der Waals surface area contributed by atoms with Gasteiger partial charge in [0.2, 0.25) is 0 Å². The summed E-state index contributed by atoms with van der Waals surface area (Å²) < 4.78 is 5.25. The van der Waals surface area contributed by atoms with Gasteiger partial charge in [0, 0.05) is 45.2 Å². The smallest absolute Gasteiger partial charge is 0.111 e. The van der Waals surface area contributed by atoms with E-state index in [2.05, 4.69) is 16.7 Å². The lowest BCUT2D eigenvalue weighted by molar-refractivity contribution is 0.0508. The average molecular weight is 181 g/mol. The van der Waals surface area contributed by atoms with E-state index in [0.717, 1.165) is 25.9 Å². The fraction of sp³-hybridized carbons (Fsp3) is 0.889. The molecule has 2 N–H and O–H groups in total. The normalized spacial score (nSPS) is 27.6. The van der Waals surface area contributed by atoms with Crippen molar-refractivity contribution in [1.82, 2.24) is 10.6 Å². The van der Waals surface area contributed by atoms with Gasteiger partial charge in [0.15, 0.2) is 0 Å².